The standard InChI is InChI=1S/C10H16N6O3/c1-19-7-3-2-6(4-7)13-9-8(16(17)18)5-12-10(14-9)15-11/h5-7H,2-4,11H2,1H3,(H2,12,13,14,15). The van der Waals surface area contributed by atoms with Crippen molar-refractivity contribution in [2.24, 2.45) is 5.84 Å². The Morgan fingerprint density at radius 3 is 2.95 bits per heavy atom. The summed E-state index contributed by atoms with van der Waals surface area (Å²) in [6.07, 6.45) is 3.92. The zero-order valence-corrected chi connectivity index (χ0v) is 10.5. The van der Waals surface area contributed by atoms with Crippen LogP contribution in [0, 0.1) is 10.1 Å². The van der Waals surface area contributed by atoms with Gasteiger partial charge in [-0.3, -0.25) is 15.5 Å². The molecule has 0 bridgehead atoms. The maximum atomic E-state index is 10.9. The second-order valence-electron chi connectivity index (χ2n) is 4.34. The molecule has 2 unspecified atom stereocenters. The van der Waals surface area contributed by atoms with Crippen molar-refractivity contribution in [1.29, 1.82) is 0 Å². The summed E-state index contributed by atoms with van der Waals surface area (Å²) in [4.78, 5) is 18.1. The summed E-state index contributed by atoms with van der Waals surface area (Å²) in [7, 11) is 1.66. The van der Waals surface area contributed by atoms with Crippen LogP contribution in [-0.2, 0) is 4.74 Å². The predicted molar refractivity (Wildman–Crippen MR) is 68.6 cm³/mol. The number of nitrogens with two attached hydrogens (primary N) is 1. The minimum atomic E-state index is -0.522. The highest BCUT2D eigenvalue weighted by atomic mass is 16.6. The first-order valence-corrected chi connectivity index (χ1v) is 5.91. The van der Waals surface area contributed by atoms with E-state index in [1.165, 1.54) is 0 Å². The SMILES string of the molecule is COC1CCC(Nc2nc(NN)ncc2[N+](=O)[O-])C1. The van der Waals surface area contributed by atoms with Gasteiger partial charge in [0, 0.05) is 13.2 Å². The van der Waals surface area contributed by atoms with Crippen molar-refractivity contribution in [2.75, 3.05) is 17.9 Å². The number of nitrogens with one attached hydrogen (secondary N) is 2. The molecule has 2 atom stereocenters. The molecule has 1 fully saturated rings. The third kappa shape index (κ3) is 3.06. The normalized spacial score (nSPS) is 22.2. The van der Waals surface area contributed by atoms with Gasteiger partial charge in [0.25, 0.3) is 0 Å². The molecule has 0 aromatic carbocycles. The molecule has 1 saturated carbocycles. The second-order valence-corrected chi connectivity index (χ2v) is 4.34. The van der Waals surface area contributed by atoms with Crippen LogP contribution in [0.2, 0.25) is 0 Å². The lowest BCUT2D eigenvalue weighted by Crippen LogP contribution is -2.20. The number of nitro groups is 1. The lowest BCUT2D eigenvalue weighted by molar-refractivity contribution is -0.384. The third-order valence-electron chi connectivity index (χ3n) is 3.15. The molecule has 1 heterocycles. The van der Waals surface area contributed by atoms with Crippen LogP contribution >= 0.6 is 0 Å². The summed E-state index contributed by atoms with van der Waals surface area (Å²) in [5.41, 5.74) is 2.10. The van der Waals surface area contributed by atoms with Crippen molar-refractivity contribution in [3.63, 3.8) is 0 Å². The summed E-state index contributed by atoms with van der Waals surface area (Å²) < 4.78 is 5.26. The van der Waals surface area contributed by atoms with Gasteiger partial charge in [0.15, 0.2) is 0 Å². The van der Waals surface area contributed by atoms with Gasteiger partial charge >= 0.3 is 5.69 Å². The highest BCUT2D eigenvalue weighted by Gasteiger charge is 2.27. The van der Waals surface area contributed by atoms with Gasteiger partial charge in [-0.1, -0.05) is 0 Å². The minimum absolute atomic E-state index is 0.101. The first kappa shape index (κ1) is 13.4. The minimum Gasteiger partial charge on any atom is -0.381 e. The van der Waals surface area contributed by atoms with Crippen LogP contribution in [0.4, 0.5) is 17.5 Å². The van der Waals surface area contributed by atoms with Crippen molar-refractivity contribution >= 4 is 17.5 Å². The van der Waals surface area contributed by atoms with E-state index in [-0.39, 0.29) is 29.6 Å². The number of aromatic nitrogens is 2. The molecular formula is C10H16N6O3. The Bertz CT molecular complexity index is 469. The Kier molecular flexibility index (Phi) is 4.07. The van der Waals surface area contributed by atoms with E-state index in [4.69, 9.17) is 10.6 Å². The molecule has 4 N–H and O–H groups in total. The average Bonchev–Trinajstić information content (AvgIpc) is 2.86. The smallest absolute Gasteiger partial charge is 0.329 e. The van der Waals surface area contributed by atoms with Gasteiger partial charge in [-0.05, 0) is 19.3 Å². The Hall–Kier alpha value is -2.00. The molecule has 0 aliphatic heterocycles. The highest BCUT2D eigenvalue weighted by Crippen LogP contribution is 2.28. The molecule has 0 radical (unpaired) electrons. The van der Waals surface area contributed by atoms with E-state index in [1.54, 1.807) is 7.11 Å². The predicted octanol–water partition coefficient (Wildman–Crippen LogP) is 0.650. The summed E-state index contributed by atoms with van der Waals surface area (Å²) in [6.45, 7) is 0. The van der Waals surface area contributed by atoms with Gasteiger partial charge in [-0.15, -0.1) is 0 Å². The highest BCUT2D eigenvalue weighted by molar-refractivity contribution is 5.57. The molecule has 9 nitrogen and oxygen atoms in total. The van der Waals surface area contributed by atoms with Crippen LogP contribution in [0.5, 0.6) is 0 Å². The van der Waals surface area contributed by atoms with Crippen LogP contribution in [0.1, 0.15) is 19.3 Å². The van der Waals surface area contributed by atoms with E-state index in [9.17, 15) is 10.1 Å². The van der Waals surface area contributed by atoms with E-state index in [1.807, 2.05) is 0 Å². The topological polar surface area (TPSA) is 128 Å². The third-order valence-corrected chi connectivity index (χ3v) is 3.15. The van der Waals surface area contributed by atoms with E-state index < -0.39 is 4.92 Å². The molecule has 19 heavy (non-hydrogen) atoms. The summed E-state index contributed by atoms with van der Waals surface area (Å²) in [5, 5.41) is 14.0. The fraction of sp³-hybridized carbons (Fsp3) is 0.600. The Balaban J connectivity index is 2.16. The van der Waals surface area contributed by atoms with Crippen LogP contribution in [0.15, 0.2) is 6.20 Å². The van der Waals surface area contributed by atoms with E-state index in [0.717, 1.165) is 25.5 Å². The number of nitrogens with zero attached hydrogens (tertiary/aromatic N) is 3. The number of nitrogen functional groups attached to an aromatic ring is 1. The monoisotopic (exact) mass is 268 g/mol. The van der Waals surface area contributed by atoms with Gasteiger partial charge in [0.05, 0.1) is 11.0 Å². The molecule has 1 aliphatic rings. The van der Waals surface area contributed by atoms with Gasteiger partial charge in [0.1, 0.15) is 6.20 Å². The number of hydrogen-bond donors (Lipinski definition) is 3. The number of hydrogen-bond acceptors (Lipinski definition) is 8. The lowest BCUT2D eigenvalue weighted by Gasteiger charge is -2.13. The number of ether oxygens (including phenoxy) is 1. The van der Waals surface area contributed by atoms with Crippen molar-refractivity contribution in [3.05, 3.63) is 16.3 Å². The van der Waals surface area contributed by atoms with Gasteiger partial charge < -0.3 is 10.1 Å². The van der Waals surface area contributed by atoms with Crippen molar-refractivity contribution < 1.29 is 9.66 Å². The van der Waals surface area contributed by atoms with Crippen LogP contribution in [0.3, 0.4) is 0 Å². The summed E-state index contributed by atoms with van der Waals surface area (Å²) in [5.74, 6) is 5.51. The molecular weight excluding hydrogens is 252 g/mol. The molecule has 0 saturated heterocycles. The molecule has 1 aliphatic carbocycles. The van der Waals surface area contributed by atoms with Crippen LogP contribution in [0.25, 0.3) is 0 Å². The zero-order chi connectivity index (χ0) is 13.8. The number of methoxy groups -OCH3 is 1. The molecule has 0 spiro atoms. The maximum Gasteiger partial charge on any atom is 0.329 e. The molecule has 2 rings (SSSR count). The zero-order valence-electron chi connectivity index (χ0n) is 10.5. The number of rotatable bonds is 5. The molecule has 1 aromatic rings. The largest absolute Gasteiger partial charge is 0.381 e. The van der Waals surface area contributed by atoms with E-state index in [0.29, 0.717) is 0 Å². The molecule has 1 aromatic heterocycles. The second kappa shape index (κ2) is 5.76. The Labute approximate surface area is 109 Å². The number of anilines is 2. The van der Waals surface area contributed by atoms with E-state index in [2.05, 4.69) is 20.7 Å². The lowest BCUT2D eigenvalue weighted by atomic mass is 10.2. The molecule has 0 amide bonds. The first-order valence-electron chi connectivity index (χ1n) is 5.91. The first-order chi connectivity index (χ1) is 9.13. The van der Waals surface area contributed by atoms with Crippen LogP contribution in [-0.4, -0.2) is 34.1 Å². The van der Waals surface area contributed by atoms with Crippen molar-refractivity contribution in [2.45, 2.75) is 31.4 Å². The summed E-state index contributed by atoms with van der Waals surface area (Å²) in [6, 6.07) is 0.101. The fourth-order valence-electron chi connectivity index (χ4n) is 2.16. The Morgan fingerprint density at radius 1 is 1.58 bits per heavy atom. The summed E-state index contributed by atoms with van der Waals surface area (Å²) >= 11 is 0. The van der Waals surface area contributed by atoms with Gasteiger partial charge in [-0.25, -0.2) is 10.8 Å². The molecule has 9 heteroatoms. The van der Waals surface area contributed by atoms with Crippen molar-refractivity contribution in [3.8, 4) is 0 Å². The van der Waals surface area contributed by atoms with Crippen molar-refractivity contribution in [1.82, 2.24) is 9.97 Å². The van der Waals surface area contributed by atoms with Gasteiger partial charge in [0.2, 0.25) is 11.8 Å². The number of hydrazine groups is 1. The maximum absolute atomic E-state index is 10.9. The van der Waals surface area contributed by atoms with Crippen LogP contribution < -0.4 is 16.6 Å². The van der Waals surface area contributed by atoms with E-state index >= 15 is 0 Å². The molecule has 104 valence electrons. The van der Waals surface area contributed by atoms with Gasteiger partial charge in [-0.2, -0.15) is 4.98 Å². The average molecular weight is 268 g/mol. The Morgan fingerprint density at radius 2 is 2.37 bits per heavy atom. The fourth-order valence-corrected chi connectivity index (χ4v) is 2.16. The quantitative estimate of drug-likeness (QED) is 0.403.